The Morgan fingerprint density at radius 1 is 1.35 bits per heavy atom. The van der Waals surface area contributed by atoms with E-state index in [1.54, 1.807) is 18.5 Å². The van der Waals surface area contributed by atoms with Crippen LogP contribution >= 0.6 is 0 Å². The highest BCUT2D eigenvalue weighted by Crippen LogP contribution is 2.37. The zero-order valence-corrected chi connectivity index (χ0v) is 10.9. The summed E-state index contributed by atoms with van der Waals surface area (Å²) < 4.78 is 40.6. The molecule has 1 atom stereocenters. The molecule has 0 aliphatic heterocycles. The summed E-state index contributed by atoms with van der Waals surface area (Å²) in [5.41, 5.74) is 4.64. The van der Waals surface area contributed by atoms with Crippen molar-refractivity contribution in [3.63, 3.8) is 0 Å². The molecule has 2 rings (SSSR count). The summed E-state index contributed by atoms with van der Waals surface area (Å²) in [4.78, 5) is 0. The molecule has 0 aliphatic carbocycles. The number of nitrogens with two attached hydrogens (primary N) is 1. The quantitative estimate of drug-likeness (QED) is 0.850. The number of rotatable bonds is 3. The normalized spacial score (nSPS) is 13.2. The van der Waals surface area contributed by atoms with Crippen LogP contribution in [0.1, 0.15) is 24.4 Å². The molecule has 2 aromatic rings. The van der Waals surface area contributed by atoms with Gasteiger partial charge in [0.2, 0.25) is 0 Å². The molecular formula is C12H14F3N5. The highest BCUT2D eigenvalue weighted by Gasteiger charge is 2.34. The second-order valence-electron chi connectivity index (χ2n) is 4.47. The van der Waals surface area contributed by atoms with Crippen molar-refractivity contribution >= 4 is 11.4 Å². The van der Waals surface area contributed by atoms with Crippen molar-refractivity contribution in [2.24, 2.45) is 7.05 Å². The molecule has 0 fully saturated rings. The number of hydrogen-bond donors (Lipinski definition) is 2. The number of hydrogen-bond acceptors (Lipinski definition) is 4. The molecule has 5 nitrogen and oxygen atoms in total. The Morgan fingerprint density at radius 2 is 2.05 bits per heavy atom. The van der Waals surface area contributed by atoms with Gasteiger partial charge in [0.25, 0.3) is 0 Å². The first-order chi connectivity index (χ1) is 9.29. The number of aryl methyl sites for hydroxylation is 1. The number of nitrogen functional groups attached to an aromatic ring is 1. The Bertz CT molecular complexity index is 605. The van der Waals surface area contributed by atoms with Gasteiger partial charge in [0.05, 0.1) is 11.6 Å². The predicted molar refractivity (Wildman–Crippen MR) is 68.9 cm³/mol. The lowest BCUT2D eigenvalue weighted by Crippen LogP contribution is -2.16. The molecule has 0 saturated carbocycles. The van der Waals surface area contributed by atoms with Crippen molar-refractivity contribution in [3.8, 4) is 0 Å². The first-order valence-electron chi connectivity index (χ1n) is 5.86. The van der Waals surface area contributed by atoms with Gasteiger partial charge in [-0.1, -0.05) is 0 Å². The molecule has 108 valence electrons. The van der Waals surface area contributed by atoms with E-state index >= 15 is 0 Å². The van der Waals surface area contributed by atoms with Crippen LogP contribution in [0.3, 0.4) is 0 Å². The van der Waals surface area contributed by atoms with E-state index in [1.165, 1.54) is 18.5 Å². The van der Waals surface area contributed by atoms with Crippen molar-refractivity contribution in [1.82, 2.24) is 14.8 Å². The van der Waals surface area contributed by atoms with E-state index in [0.717, 1.165) is 6.07 Å². The van der Waals surface area contributed by atoms with Crippen LogP contribution in [0.2, 0.25) is 0 Å². The molecule has 1 aromatic heterocycles. The topological polar surface area (TPSA) is 68.8 Å². The number of anilines is 2. The fourth-order valence-electron chi connectivity index (χ4n) is 1.90. The third-order valence-electron chi connectivity index (χ3n) is 2.85. The standard InChI is InChI=1S/C12H14F3N5/c1-7(11-19-17-6-20(11)2)18-10-4-3-8(16)5-9(10)12(13,14)15/h3-7,18H,16H2,1-2H3. The van der Waals surface area contributed by atoms with Gasteiger partial charge in [-0.3, -0.25) is 0 Å². The lowest BCUT2D eigenvalue weighted by Gasteiger charge is -2.19. The fraction of sp³-hybridized carbons (Fsp3) is 0.333. The van der Waals surface area contributed by atoms with Crippen LogP contribution in [0.4, 0.5) is 24.5 Å². The number of alkyl halides is 3. The molecule has 20 heavy (non-hydrogen) atoms. The molecule has 1 heterocycles. The summed E-state index contributed by atoms with van der Waals surface area (Å²) in [5.74, 6) is 0.537. The average Bonchev–Trinajstić information content (AvgIpc) is 2.76. The van der Waals surface area contributed by atoms with Crippen LogP contribution in [0.15, 0.2) is 24.5 Å². The molecule has 0 aliphatic rings. The maximum absolute atomic E-state index is 13.0. The Hall–Kier alpha value is -2.25. The molecule has 0 spiro atoms. The lowest BCUT2D eigenvalue weighted by atomic mass is 10.1. The van der Waals surface area contributed by atoms with Gasteiger partial charge in [0.15, 0.2) is 5.82 Å². The lowest BCUT2D eigenvalue weighted by molar-refractivity contribution is -0.136. The summed E-state index contributed by atoms with van der Waals surface area (Å²) in [5, 5.41) is 10.4. The molecule has 0 amide bonds. The summed E-state index contributed by atoms with van der Waals surface area (Å²) in [6.45, 7) is 1.71. The maximum atomic E-state index is 13.0. The summed E-state index contributed by atoms with van der Waals surface area (Å²) in [7, 11) is 1.72. The first kappa shape index (κ1) is 14.2. The van der Waals surface area contributed by atoms with Crippen molar-refractivity contribution < 1.29 is 13.2 Å². The molecule has 8 heteroatoms. The third kappa shape index (κ3) is 2.84. The van der Waals surface area contributed by atoms with Gasteiger partial charge >= 0.3 is 6.18 Å². The SMILES string of the molecule is CC(Nc1ccc(N)cc1C(F)(F)F)c1nncn1C. The van der Waals surface area contributed by atoms with Gasteiger partial charge in [0.1, 0.15) is 6.33 Å². The molecule has 1 aromatic carbocycles. The molecule has 0 radical (unpaired) electrons. The Kier molecular flexibility index (Phi) is 3.56. The second kappa shape index (κ2) is 5.03. The van der Waals surface area contributed by atoms with Gasteiger partial charge in [-0.05, 0) is 25.1 Å². The fourth-order valence-corrected chi connectivity index (χ4v) is 1.90. The van der Waals surface area contributed by atoms with Crippen LogP contribution in [0.5, 0.6) is 0 Å². The number of aromatic nitrogens is 3. The first-order valence-corrected chi connectivity index (χ1v) is 5.86. The minimum Gasteiger partial charge on any atom is -0.399 e. The van der Waals surface area contributed by atoms with E-state index in [4.69, 9.17) is 5.73 Å². The van der Waals surface area contributed by atoms with Crippen molar-refractivity contribution in [2.75, 3.05) is 11.1 Å². The molecular weight excluding hydrogens is 271 g/mol. The zero-order valence-electron chi connectivity index (χ0n) is 10.9. The number of benzene rings is 1. The van der Waals surface area contributed by atoms with Crippen LogP contribution < -0.4 is 11.1 Å². The zero-order chi connectivity index (χ0) is 14.9. The Labute approximate surface area is 113 Å². The maximum Gasteiger partial charge on any atom is 0.418 e. The van der Waals surface area contributed by atoms with Crippen LogP contribution in [-0.4, -0.2) is 14.8 Å². The number of nitrogens with one attached hydrogen (secondary N) is 1. The van der Waals surface area contributed by atoms with Crippen LogP contribution in [-0.2, 0) is 13.2 Å². The monoisotopic (exact) mass is 285 g/mol. The van der Waals surface area contributed by atoms with Gasteiger partial charge in [-0.15, -0.1) is 10.2 Å². The number of halogens is 3. The van der Waals surface area contributed by atoms with E-state index in [-0.39, 0.29) is 11.4 Å². The van der Waals surface area contributed by atoms with Crippen molar-refractivity contribution in [2.45, 2.75) is 19.1 Å². The summed E-state index contributed by atoms with van der Waals surface area (Å²) in [6.07, 6.45) is -2.99. The van der Waals surface area contributed by atoms with Gasteiger partial charge in [-0.2, -0.15) is 13.2 Å². The van der Waals surface area contributed by atoms with E-state index in [1.807, 2.05) is 0 Å². The largest absolute Gasteiger partial charge is 0.418 e. The number of nitrogens with zero attached hydrogens (tertiary/aromatic N) is 3. The minimum atomic E-state index is -4.47. The van der Waals surface area contributed by atoms with Crippen molar-refractivity contribution in [3.05, 3.63) is 35.9 Å². The molecule has 1 unspecified atom stereocenters. The van der Waals surface area contributed by atoms with Gasteiger partial charge in [0, 0.05) is 18.4 Å². The van der Waals surface area contributed by atoms with E-state index < -0.39 is 17.8 Å². The molecule has 3 N–H and O–H groups in total. The molecule has 0 saturated heterocycles. The smallest absolute Gasteiger partial charge is 0.399 e. The average molecular weight is 285 g/mol. The van der Waals surface area contributed by atoms with E-state index in [9.17, 15) is 13.2 Å². The van der Waals surface area contributed by atoms with Gasteiger partial charge < -0.3 is 15.6 Å². The van der Waals surface area contributed by atoms with E-state index in [2.05, 4.69) is 15.5 Å². The second-order valence-corrected chi connectivity index (χ2v) is 4.47. The van der Waals surface area contributed by atoms with Crippen molar-refractivity contribution in [1.29, 1.82) is 0 Å². The van der Waals surface area contributed by atoms with Crippen LogP contribution in [0, 0.1) is 0 Å². The third-order valence-corrected chi connectivity index (χ3v) is 2.85. The van der Waals surface area contributed by atoms with Gasteiger partial charge in [-0.25, -0.2) is 0 Å². The summed E-state index contributed by atoms with van der Waals surface area (Å²) >= 11 is 0. The Morgan fingerprint density at radius 3 is 2.60 bits per heavy atom. The molecule has 0 bridgehead atoms. The predicted octanol–water partition coefficient (Wildman–Crippen LogP) is 2.59. The minimum absolute atomic E-state index is 0.0396. The van der Waals surface area contributed by atoms with E-state index in [0.29, 0.717) is 5.82 Å². The highest BCUT2D eigenvalue weighted by atomic mass is 19.4. The Balaban J connectivity index is 2.32. The van der Waals surface area contributed by atoms with Crippen LogP contribution in [0.25, 0.3) is 0 Å². The highest BCUT2D eigenvalue weighted by molar-refractivity contribution is 5.59. The summed E-state index contributed by atoms with van der Waals surface area (Å²) in [6, 6.07) is 3.21.